The highest BCUT2D eigenvalue weighted by Gasteiger charge is 2.44. The first-order chi connectivity index (χ1) is 7.14. The number of rotatable bonds is 5. The Labute approximate surface area is 96.1 Å². The SMILES string of the molecule is CC(NCC1(C(C)C)CC1)c1nccs1. The van der Waals surface area contributed by atoms with E-state index in [0.29, 0.717) is 11.5 Å². The fourth-order valence-electron chi connectivity index (χ4n) is 2.01. The second-order valence-electron chi connectivity index (χ2n) is 4.99. The Morgan fingerprint density at radius 2 is 2.20 bits per heavy atom. The van der Waals surface area contributed by atoms with Crippen LogP contribution in [0.5, 0.6) is 0 Å². The third-order valence-corrected chi connectivity index (χ3v) is 4.66. The molecule has 3 heteroatoms. The molecule has 1 aromatic heterocycles. The van der Waals surface area contributed by atoms with Gasteiger partial charge in [-0.1, -0.05) is 13.8 Å². The van der Waals surface area contributed by atoms with Crippen molar-refractivity contribution in [3.8, 4) is 0 Å². The van der Waals surface area contributed by atoms with Crippen LogP contribution in [0.4, 0.5) is 0 Å². The van der Waals surface area contributed by atoms with Crippen molar-refractivity contribution in [2.75, 3.05) is 6.54 Å². The second-order valence-corrected chi connectivity index (χ2v) is 5.92. The number of nitrogens with zero attached hydrogens (tertiary/aromatic N) is 1. The van der Waals surface area contributed by atoms with Gasteiger partial charge in [0.05, 0.1) is 6.04 Å². The zero-order chi connectivity index (χ0) is 10.9. The molecule has 1 N–H and O–H groups in total. The monoisotopic (exact) mass is 224 g/mol. The minimum absolute atomic E-state index is 0.404. The summed E-state index contributed by atoms with van der Waals surface area (Å²) in [6.07, 6.45) is 4.66. The second kappa shape index (κ2) is 4.22. The number of thiazole rings is 1. The van der Waals surface area contributed by atoms with Gasteiger partial charge in [-0.3, -0.25) is 0 Å². The Hall–Kier alpha value is -0.410. The van der Waals surface area contributed by atoms with Gasteiger partial charge in [0.2, 0.25) is 0 Å². The summed E-state index contributed by atoms with van der Waals surface area (Å²) in [5.41, 5.74) is 0.589. The molecule has 0 aromatic carbocycles. The summed E-state index contributed by atoms with van der Waals surface area (Å²) in [6, 6.07) is 0.404. The standard InChI is InChI=1S/C12H20N2S/c1-9(2)12(4-5-12)8-14-10(3)11-13-6-7-15-11/h6-7,9-10,14H,4-5,8H2,1-3H3. The molecule has 84 valence electrons. The number of nitrogens with one attached hydrogen (secondary N) is 1. The van der Waals surface area contributed by atoms with Gasteiger partial charge in [0.25, 0.3) is 0 Å². The fourth-order valence-corrected chi connectivity index (χ4v) is 2.68. The normalized spacial score (nSPS) is 20.5. The van der Waals surface area contributed by atoms with E-state index in [9.17, 15) is 0 Å². The highest BCUT2D eigenvalue weighted by atomic mass is 32.1. The lowest BCUT2D eigenvalue weighted by molar-refractivity contribution is 0.325. The number of aromatic nitrogens is 1. The third-order valence-electron chi connectivity index (χ3n) is 3.70. The summed E-state index contributed by atoms with van der Waals surface area (Å²) in [7, 11) is 0. The molecule has 1 fully saturated rings. The summed E-state index contributed by atoms with van der Waals surface area (Å²) < 4.78 is 0. The summed E-state index contributed by atoms with van der Waals surface area (Å²) in [5, 5.41) is 6.86. The van der Waals surface area contributed by atoms with Crippen molar-refractivity contribution in [3.05, 3.63) is 16.6 Å². The van der Waals surface area contributed by atoms with Crippen LogP contribution in [0.2, 0.25) is 0 Å². The first-order valence-corrected chi connectivity index (χ1v) is 6.65. The van der Waals surface area contributed by atoms with Crippen molar-refractivity contribution in [1.29, 1.82) is 0 Å². The maximum Gasteiger partial charge on any atom is 0.109 e. The molecule has 0 amide bonds. The van der Waals surface area contributed by atoms with Gasteiger partial charge in [-0.2, -0.15) is 0 Å². The van der Waals surface area contributed by atoms with E-state index in [4.69, 9.17) is 0 Å². The fraction of sp³-hybridized carbons (Fsp3) is 0.750. The van der Waals surface area contributed by atoms with Gasteiger partial charge in [0, 0.05) is 18.1 Å². The Bertz CT molecular complexity index is 301. The van der Waals surface area contributed by atoms with Crippen LogP contribution in [-0.2, 0) is 0 Å². The minimum Gasteiger partial charge on any atom is -0.308 e. The van der Waals surface area contributed by atoms with E-state index < -0.39 is 0 Å². The molecule has 1 aromatic rings. The summed E-state index contributed by atoms with van der Waals surface area (Å²) in [5.74, 6) is 0.800. The largest absolute Gasteiger partial charge is 0.308 e. The van der Waals surface area contributed by atoms with Crippen LogP contribution >= 0.6 is 11.3 Å². The molecule has 1 atom stereocenters. The van der Waals surface area contributed by atoms with Gasteiger partial charge in [0.1, 0.15) is 5.01 Å². The third kappa shape index (κ3) is 2.40. The molecule has 0 spiro atoms. The maximum atomic E-state index is 4.34. The maximum absolute atomic E-state index is 4.34. The molecular formula is C12H20N2S. The predicted octanol–water partition coefficient (Wildman–Crippen LogP) is 3.23. The van der Waals surface area contributed by atoms with E-state index in [1.165, 1.54) is 17.8 Å². The molecule has 1 aliphatic rings. The van der Waals surface area contributed by atoms with Gasteiger partial charge >= 0.3 is 0 Å². The van der Waals surface area contributed by atoms with Gasteiger partial charge < -0.3 is 5.32 Å². The molecule has 2 nitrogen and oxygen atoms in total. The Morgan fingerprint density at radius 3 is 2.67 bits per heavy atom. The number of hydrogen-bond donors (Lipinski definition) is 1. The van der Waals surface area contributed by atoms with Gasteiger partial charge in [-0.25, -0.2) is 4.98 Å². The molecule has 1 unspecified atom stereocenters. The summed E-state index contributed by atoms with van der Waals surface area (Å²) in [4.78, 5) is 4.34. The van der Waals surface area contributed by atoms with E-state index in [2.05, 4.69) is 31.1 Å². The van der Waals surface area contributed by atoms with Crippen molar-refractivity contribution in [1.82, 2.24) is 10.3 Å². The predicted molar refractivity (Wildman–Crippen MR) is 65.0 cm³/mol. The lowest BCUT2D eigenvalue weighted by Crippen LogP contribution is -2.29. The van der Waals surface area contributed by atoms with Crippen molar-refractivity contribution >= 4 is 11.3 Å². The molecule has 2 rings (SSSR count). The van der Waals surface area contributed by atoms with Crippen LogP contribution in [-0.4, -0.2) is 11.5 Å². The van der Waals surface area contributed by atoms with Crippen molar-refractivity contribution in [3.63, 3.8) is 0 Å². The van der Waals surface area contributed by atoms with Crippen LogP contribution < -0.4 is 5.32 Å². The van der Waals surface area contributed by atoms with Crippen molar-refractivity contribution in [2.24, 2.45) is 11.3 Å². The Kier molecular flexibility index (Phi) is 3.12. The van der Waals surface area contributed by atoms with E-state index in [-0.39, 0.29) is 0 Å². The average molecular weight is 224 g/mol. The first-order valence-electron chi connectivity index (χ1n) is 5.77. The summed E-state index contributed by atoms with van der Waals surface area (Å²) in [6.45, 7) is 8.02. The van der Waals surface area contributed by atoms with Gasteiger partial charge in [-0.15, -0.1) is 11.3 Å². The summed E-state index contributed by atoms with van der Waals surface area (Å²) >= 11 is 1.74. The average Bonchev–Trinajstić information content (AvgIpc) is 2.80. The minimum atomic E-state index is 0.404. The first kappa shape index (κ1) is 11.1. The number of hydrogen-bond acceptors (Lipinski definition) is 3. The van der Waals surface area contributed by atoms with Gasteiger partial charge in [0.15, 0.2) is 0 Å². The molecule has 0 radical (unpaired) electrons. The topological polar surface area (TPSA) is 24.9 Å². The lowest BCUT2D eigenvalue weighted by Gasteiger charge is -2.22. The molecule has 15 heavy (non-hydrogen) atoms. The molecule has 0 saturated heterocycles. The quantitative estimate of drug-likeness (QED) is 0.830. The van der Waals surface area contributed by atoms with Crippen LogP contribution in [0.1, 0.15) is 44.7 Å². The van der Waals surface area contributed by atoms with E-state index in [1.54, 1.807) is 11.3 Å². The van der Waals surface area contributed by atoms with Crippen LogP contribution in [0.15, 0.2) is 11.6 Å². The van der Waals surface area contributed by atoms with Crippen LogP contribution in [0.3, 0.4) is 0 Å². The van der Waals surface area contributed by atoms with Crippen molar-refractivity contribution in [2.45, 2.75) is 39.7 Å². The van der Waals surface area contributed by atoms with E-state index >= 15 is 0 Å². The smallest absolute Gasteiger partial charge is 0.109 e. The zero-order valence-electron chi connectivity index (χ0n) is 9.79. The van der Waals surface area contributed by atoms with Crippen LogP contribution in [0, 0.1) is 11.3 Å². The molecular weight excluding hydrogens is 204 g/mol. The zero-order valence-corrected chi connectivity index (χ0v) is 10.6. The molecule has 0 aliphatic heterocycles. The highest BCUT2D eigenvalue weighted by Crippen LogP contribution is 2.51. The molecule has 1 saturated carbocycles. The van der Waals surface area contributed by atoms with E-state index in [1.807, 2.05) is 11.6 Å². The van der Waals surface area contributed by atoms with Crippen LogP contribution in [0.25, 0.3) is 0 Å². The molecule has 1 heterocycles. The lowest BCUT2D eigenvalue weighted by atomic mass is 9.92. The van der Waals surface area contributed by atoms with E-state index in [0.717, 1.165) is 12.5 Å². The molecule has 0 bridgehead atoms. The Morgan fingerprint density at radius 1 is 1.47 bits per heavy atom. The molecule has 1 aliphatic carbocycles. The van der Waals surface area contributed by atoms with Gasteiger partial charge in [-0.05, 0) is 31.1 Å². The van der Waals surface area contributed by atoms with Crippen molar-refractivity contribution < 1.29 is 0 Å². The highest BCUT2D eigenvalue weighted by molar-refractivity contribution is 7.09. The Balaban J connectivity index is 1.84.